The molecule has 0 bridgehead atoms. The van der Waals surface area contributed by atoms with Crippen LogP contribution in [-0.2, 0) is 15.8 Å². The van der Waals surface area contributed by atoms with Gasteiger partial charge in [-0.05, 0) is 100 Å². The van der Waals surface area contributed by atoms with E-state index in [1.54, 1.807) is 44.7 Å². The van der Waals surface area contributed by atoms with E-state index in [0.717, 1.165) is 16.3 Å². The Morgan fingerprint density at radius 1 is 1.02 bits per heavy atom. The number of amides is 1. The van der Waals surface area contributed by atoms with Crippen LogP contribution in [0.15, 0.2) is 35.3 Å². The summed E-state index contributed by atoms with van der Waals surface area (Å²) in [5, 5.41) is 12.4. The maximum atomic E-state index is 16.8. The van der Waals surface area contributed by atoms with Gasteiger partial charge in [0, 0.05) is 42.3 Å². The van der Waals surface area contributed by atoms with Crippen LogP contribution in [0.1, 0.15) is 110 Å². The van der Waals surface area contributed by atoms with Gasteiger partial charge in [0.05, 0.1) is 23.6 Å². The van der Waals surface area contributed by atoms with Gasteiger partial charge in [-0.15, -0.1) is 5.92 Å². The number of aliphatic carboxylic acids is 1. The number of aryl methyl sites for hydroxylation is 3. The fourth-order valence-electron chi connectivity index (χ4n) is 8.02. The smallest absolute Gasteiger partial charge is 0.416 e. The Labute approximate surface area is 321 Å². The van der Waals surface area contributed by atoms with E-state index in [0.29, 0.717) is 22.8 Å². The van der Waals surface area contributed by atoms with Gasteiger partial charge in [-0.3, -0.25) is 14.4 Å². The Morgan fingerprint density at radius 2 is 1.62 bits per heavy atom. The van der Waals surface area contributed by atoms with Gasteiger partial charge in [-0.25, -0.2) is 17.6 Å². The molecule has 3 atom stereocenters. The molecule has 2 aliphatic rings. The van der Waals surface area contributed by atoms with E-state index < -0.39 is 82.6 Å². The number of aromatic nitrogens is 1. The van der Waals surface area contributed by atoms with Gasteiger partial charge in [-0.2, -0.15) is 13.2 Å². The van der Waals surface area contributed by atoms with Crippen molar-refractivity contribution in [3.8, 4) is 23.0 Å². The molecule has 56 heavy (non-hydrogen) atoms. The number of carboxylic acids is 1. The number of pyridine rings is 1. The number of nitrogens with one attached hydrogen (secondary N) is 1. The van der Waals surface area contributed by atoms with Crippen molar-refractivity contribution in [3.05, 3.63) is 91.4 Å². The zero-order valence-electron chi connectivity index (χ0n) is 32.1. The summed E-state index contributed by atoms with van der Waals surface area (Å²) in [5.41, 5.74) is -1.05. The summed E-state index contributed by atoms with van der Waals surface area (Å²) in [6.07, 6.45) is -4.90. The fourth-order valence-corrected chi connectivity index (χ4v) is 8.02. The molecule has 0 radical (unpaired) electrons. The van der Waals surface area contributed by atoms with Crippen molar-refractivity contribution in [1.29, 1.82) is 0 Å². The number of hydrogen-bond donors (Lipinski definition) is 2. The highest BCUT2D eigenvalue weighted by atomic mass is 19.4. The van der Waals surface area contributed by atoms with Gasteiger partial charge in [0.25, 0.3) is 11.5 Å². The summed E-state index contributed by atoms with van der Waals surface area (Å²) in [6, 6.07) is 1.92. The average molecular weight is 790 g/mol. The number of rotatable bonds is 12. The monoisotopic (exact) mass is 789 g/mol. The quantitative estimate of drug-likeness (QED) is 0.141. The minimum atomic E-state index is -4.93. The number of benzene rings is 2. The summed E-state index contributed by atoms with van der Waals surface area (Å²) in [4.78, 5) is 41.8. The molecule has 3 aromatic rings. The molecule has 1 aliphatic heterocycles. The number of hydrogen-bond acceptors (Lipinski definition) is 4. The Hall–Kier alpha value is -4.64. The third-order valence-corrected chi connectivity index (χ3v) is 10.7. The maximum absolute atomic E-state index is 16.8. The van der Waals surface area contributed by atoms with Crippen LogP contribution in [0.3, 0.4) is 0 Å². The van der Waals surface area contributed by atoms with Crippen LogP contribution in [0.25, 0.3) is 11.1 Å². The molecular formula is C42H46F7N3O4. The molecule has 14 heteroatoms. The van der Waals surface area contributed by atoms with Gasteiger partial charge in [0.15, 0.2) is 0 Å². The topological polar surface area (TPSA) is 91.6 Å². The molecule has 1 unspecified atom stereocenters. The lowest BCUT2D eigenvalue weighted by molar-refractivity contribution is -0.139. The van der Waals surface area contributed by atoms with Crippen molar-refractivity contribution in [3.63, 3.8) is 0 Å². The standard InChI is InChI=1S/C42H46F7N3O4/c1-7-8-27-16-29(36-24(5)14-23(4)15-25(36)6)39(44)37(38(27)43)32(18-35(54)55)50-40(56)33(13-22(2)3)52-21-30(31(17-34(52)53)42(47,48)49)26-9-11-51(12-10-26)20-28-19-41(28,45)46/h14-17,21-22,26,28,32-33H,9-13,18-20H2,1-6H3,(H,50,56)(H,54,55)/t28?,32-,33-/m0/s1. The van der Waals surface area contributed by atoms with Crippen LogP contribution >= 0.6 is 0 Å². The van der Waals surface area contributed by atoms with Crippen molar-refractivity contribution in [2.45, 2.75) is 104 Å². The number of halogens is 7. The summed E-state index contributed by atoms with van der Waals surface area (Å²) < 4.78 is 104. The minimum Gasteiger partial charge on any atom is -0.481 e. The third kappa shape index (κ3) is 9.31. The van der Waals surface area contributed by atoms with Crippen LogP contribution in [0.4, 0.5) is 30.7 Å². The van der Waals surface area contributed by atoms with E-state index >= 15 is 8.78 Å². The summed E-state index contributed by atoms with van der Waals surface area (Å²) >= 11 is 0. The van der Waals surface area contributed by atoms with E-state index in [-0.39, 0.29) is 67.9 Å². The molecule has 1 saturated carbocycles. The molecule has 1 amide bonds. The number of carbonyl (C=O) groups is 2. The van der Waals surface area contributed by atoms with Crippen LogP contribution < -0.4 is 10.9 Å². The van der Waals surface area contributed by atoms with Crippen molar-refractivity contribution >= 4 is 11.9 Å². The highest BCUT2D eigenvalue weighted by Crippen LogP contribution is 2.49. The molecule has 1 aromatic heterocycles. The second-order valence-corrected chi connectivity index (χ2v) is 15.6. The minimum absolute atomic E-state index is 0.0713. The molecule has 302 valence electrons. The maximum Gasteiger partial charge on any atom is 0.416 e. The van der Waals surface area contributed by atoms with Gasteiger partial charge >= 0.3 is 12.1 Å². The Morgan fingerprint density at radius 3 is 2.14 bits per heavy atom. The van der Waals surface area contributed by atoms with E-state index in [4.69, 9.17) is 0 Å². The van der Waals surface area contributed by atoms with Crippen LogP contribution in [0.5, 0.6) is 0 Å². The first kappa shape index (κ1) is 42.5. The lowest BCUT2D eigenvalue weighted by atomic mass is 9.87. The second-order valence-electron chi connectivity index (χ2n) is 15.6. The van der Waals surface area contributed by atoms with E-state index in [2.05, 4.69) is 17.2 Å². The molecule has 1 saturated heterocycles. The van der Waals surface area contributed by atoms with Crippen LogP contribution in [0.2, 0.25) is 0 Å². The van der Waals surface area contributed by atoms with E-state index in [1.807, 2.05) is 6.92 Å². The molecule has 1 aliphatic carbocycles. The molecule has 7 nitrogen and oxygen atoms in total. The normalized spacial score (nSPS) is 18.3. The lowest BCUT2D eigenvalue weighted by Gasteiger charge is -2.34. The van der Waals surface area contributed by atoms with Crippen molar-refractivity contribution in [2.75, 3.05) is 19.6 Å². The first-order valence-corrected chi connectivity index (χ1v) is 18.6. The highest BCUT2D eigenvalue weighted by Gasteiger charge is 2.57. The lowest BCUT2D eigenvalue weighted by Crippen LogP contribution is -2.41. The molecule has 2 N–H and O–H groups in total. The highest BCUT2D eigenvalue weighted by molar-refractivity contribution is 5.82. The molecule has 5 rings (SSSR count). The first-order chi connectivity index (χ1) is 26.1. The SMILES string of the molecule is CC#Cc1cc(-c2c(C)cc(C)cc2C)c(F)c([C@H](CC(=O)O)NC(=O)[C@H](CC(C)C)n2cc(C3CCN(CC4CC4(F)F)CC3)c(C(F)(F)F)cc2=O)c1F. The summed E-state index contributed by atoms with van der Waals surface area (Å²) in [6.45, 7) is 10.8. The van der Waals surface area contributed by atoms with Crippen molar-refractivity contribution in [1.82, 2.24) is 14.8 Å². The first-order valence-electron chi connectivity index (χ1n) is 18.6. The zero-order valence-corrected chi connectivity index (χ0v) is 32.1. The van der Waals surface area contributed by atoms with E-state index in [9.17, 15) is 41.4 Å². The second kappa shape index (κ2) is 16.5. The molecule has 2 aromatic carbocycles. The Kier molecular flexibility index (Phi) is 12.5. The fraction of sp³-hybridized carbons (Fsp3) is 0.500. The number of piperidine rings is 1. The summed E-state index contributed by atoms with van der Waals surface area (Å²) in [5.74, 6) is -4.30. The van der Waals surface area contributed by atoms with Gasteiger partial charge in [0.1, 0.15) is 17.7 Å². The van der Waals surface area contributed by atoms with Crippen LogP contribution in [0, 0.1) is 56.1 Å². The summed E-state index contributed by atoms with van der Waals surface area (Å²) in [7, 11) is 0. The van der Waals surface area contributed by atoms with Crippen molar-refractivity contribution < 1.29 is 45.4 Å². The van der Waals surface area contributed by atoms with Gasteiger partial charge < -0.3 is 19.9 Å². The van der Waals surface area contributed by atoms with Gasteiger partial charge in [0.2, 0.25) is 5.91 Å². The Balaban J connectivity index is 1.57. The average Bonchev–Trinajstić information content (AvgIpc) is 3.69. The number of alkyl halides is 5. The van der Waals surface area contributed by atoms with Gasteiger partial charge in [-0.1, -0.05) is 37.5 Å². The third-order valence-electron chi connectivity index (χ3n) is 10.7. The van der Waals surface area contributed by atoms with E-state index in [1.165, 1.54) is 13.0 Å². The van der Waals surface area contributed by atoms with Crippen molar-refractivity contribution in [2.24, 2.45) is 11.8 Å². The predicted molar refractivity (Wildman–Crippen MR) is 197 cm³/mol. The number of likely N-dealkylation sites (tertiary alicyclic amines) is 1. The molecule has 0 spiro atoms. The molecular weight excluding hydrogens is 743 g/mol. The predicted octanol–water partition coefficient (Wildman–Crippen LogP) is 8.86. The number of carbonyl (C=O) groups excluding carboxylic acids is 1. The number of carboxylic acid groups (broad SMARTS) is 1. The molecule has 2 heterocycles. The largest absolute Gasteiger partial charge is 0.481 e. The van der Waals surface area contributed by atoms with Crippen LogP contribution in [-0.4, -0.2) is 52.0 Å². The number of nitrogens with zero attached hydrogens (tertiary/aromatic N) is 2. The Bertz CT molecular complexity index is 2100. The zero-order chi connectivity index (χ0) is 41.4. The molecule has 2 fully saturated rings.